The fourth-order valence-electron chi connectivity index (χ4n) is 6.32. The number of likely N-dealkylation sites (N-methyl/N-ethyl adjacent to an activating group) is 4. The maximum Gasteiger partial charge on any atom is 0.339 e. The fraction of sp³-hybridized carbons (Fsp3) is 0.400. The molecule has 0 fully saturated rings. The van der Waals surface area contributed by atoms with E-state index in [0.717, 1.165) is 39.3 Å². The molecular weight excluding hydrogens is 1370 g/mol. The van der Waals surface area contributed by atoms with Crippen LogP contribution < -0.4 is 19.6 Å². The van der Waals surface area contributed by atoms with Crippen LogP contribution in [0.25, 0.3) is 0 Å². The molecule has 0 atom stereocenters. The first-order valence-corrected chi connectivity index (χ1v) is 32.6. The summed E-state index contributed by atoms with van der Waals surface area (Å²) < 4.78 is 48.1. The summed E-state index contributed by atoms with van der Waals surface area (Å²) in [5, 5.41) is 26.8. The highest BCUT2D eigenvalue weighted by Crippen LogP contribution is 2.13. The molecular formula is C75H108N4O26+4. The van der Waals surface area contributed by atoms with Crippen molar-refractivity contribution in [3.8, 4) is 0 Å². The first-order chi connectivity index (χ1) is 49.1. The Labute approximate surface area is 614 Å². The first kappa shape index (κ1) is 100. The minimum atomic E-state index is -1.22. The van der Waals surface area contributed by atoms with Crippen LogP contribution >= 0.6 is 0 Å². The van der Waals surface area contributed by atoms with E-state index >= 15 is 0 Å². The van der Waals surface area contributed by atoms with E-state index in [1.165, 1.54) is 119 Å². The molecule has 3 aromatic rings. The lowest BCUT2D eigenvalue weighted by Gasteiger charge is -2.14. The molecule has 0 saturated carbocycles. The third-order valence-electron chi connectivity index (χ3n) is 12.2. The number of rotatable bonds is 36. The number of quaternary nitrogens is 4. The smallest absolute Gasteiger partial charge is 0.339 e. The Bertz CT molecular complexity index is 3130. The van der Waals surface area contributed by atoms with E-state index in [1.54, 1.807) is 20.8 Å². The zero-order valence-corrected chi connectivity index (χ0v) is 63.0. The van der Waals surface area contributed by atoms with Gasteiger partial charge in [0.25, 0.3) is 0 Å². The highest BCUT2D eigenvalue weighted by atomic mass is 16.6. The van der Waals surface area contributed by atoms with Crippen LogP contribution in [0.3, 0.4) is 0 Å². The number of carbonyl (C=O) groups is 13. The third kappa shape index (κ3) is 52.4. The molecule has 30 nitrogen and oxygen atoms in total. The normalized spacial score (nSPS) is 9.73. The van der Waals surface area contributed by atoms with Gasteiger partial charge in [-0.3, -0.25) is 0 Å². The average Bonchev–Trinajstić information content (AvgIpc) is 0.868. The molecule has 7 N–H and O–H groups in total. The third-order valence-corrected chi connectivity index (χ3v) is 12.2. The number of hydrogen-bond donors (Lipinski definition) is 7. The van der Waals surface area contributed by atoms with Crippen molar-refractivity contribution in [2.45, 2.75) is 55.4 Å². The number of carboxylic acids is 3. The second kappa shape index (κ2) is 59.3. The van der Waals surface area contributed by atoms with Gasteiger partial charge in [0.15, 0.2) is 0 Å². The zero-order chi connectivity index (χ0) is 81.3. The van der Waals surface area contributed by atoms with Gasteiger partial charge in [0.05, 0.1) is 88.8 Å². The number of ether oxygens (including phenoxy) is 10. The second-order valence-corrected chi connectivity index (χ2v) is 22.9. The number of esters is 10. The average molecular weight is 1480 g/mol. The van der Waals surface area contributed by atoms with Crippen LogP contribution in [0.2, 0.25) is 0 Å². The molecule has 3 rings (SSSR count). The summed E-state index contributed by atoms with van der Waals surface area (Å²) in [6.45, 7) is 44.2. The molecule has 105 heavy (non-hydrogen) atoms. The zero-order valence-electron chi connectivity index (χ0n) is 63.0. The molecule has 0 amide bonds. The van der Waals surface area contributed by atoms with Gasteiger partial charge in [0.1, 0.15) is 92.2 Å². The fourth-order valence-corrected chi connectivity index (χ4v) is 6.32. The molecule has 0 radical (unpaired) electrons. The number of carboxylic acid groups (broad SMARTS) is 3. The van der Waals surface area contributed by atoms with Crippen molar-refractivity contribution in [2.75, 3.05) is 148 Å². The minimum Gasteiger partial charge on any atom is -0.478 e. The number of aromatic carboxylic acids is 3. The van der Waals surface area contributed by atoms with Gasteiger partial charge in [0, 0.05) is 39.5 Å². The van der Waals surface area contributed by atoms with E-state index in [1.807, 2.05) is 42.3 Å². The summed E-state index contributed by atoms with van der Waals surface area (Å²) in [6, 6.07) is 17.1. The lowest BCUT2D eigenvalue weighted by molar-refractivity contribution is -0.896. The molecule has 0 bridgehead atoms. The molecule has 0 spiro atoms. The Morgan fingerprint density at radius 1 is 0.314 bits per heavy atom. The SMILES string of the molecule is C=C(C)C(=O)OCCOC(=O)c1ccccc1C(=O)O.C=C(C)C(=O)OCCOC(=O)c1ccccc1C(=O)O.C=C(C)C(=O)OCCOC(=O)c1ccccc1C(=O)O.C=C(C)C(=O)OCC[NH+](C)C.C=C(C)C(=O)OCC[NH+](C)C.C=C(C)C(=O)OCC[NH+](CC)CC.C=CC(=O)OCC[NH+](C)C. The van der Waals surface area contributed by atoms with Crippen molar-refractivity contribution < 1.29 is 145 Å². The van der Waals surface area contributed by atoms with Crippen LogP contribution in [0.4, 0.5) is 0 Å². The highest BCUT2D eigenvalue weighted by molar-refractivity contribution is 6.04. The van der Waals surface area contributed by atoms with Gasteiger partial charge in [-0.15, -0.1) is 0 Å². The molecule has 30 heteroatoms. The monoisotopic (exact) mass is 1480 g/mol. The Kier molecular flexibility index (Phi) is 56.6. The number of nitrogens with one attached hydrogen (secondary N) is 4. The van der Waals surface area contributed by atoms with Gasteiger partial charge in [0.2, 0.25) is 0 Å². The summed E-state index contributed by atoms with van der Waals surface area (Å²) in [6.07, 6.45) is 1.17. The molecule has 0 aliphatic carbocycles. The van der Waals surface area contributed by atoms with Crippen molar-refractivity contribution >= 4 is 77.6 Å². The largest absolute Gasteiger partial charge is 0.478 e. The first-order valence-electron chi connectivity index (χ1n) is 32.6. The molecule has 3 aromatic carbocycles. The summed E-state index contributed by atoms with van der Waals surface area (Å²) in [7, 11) is 12.0. The maximum absolute atomic E-state index is 11.7. The summed E-state index contributed by atoms with van der Waals surface area (Å²) in [4.78, 5) is 149. The summed E-state index contributed by atoms with van der Waals surface area (Å²) >= 11 is 0. The van der Waals surface area contributed by atoms with E-state index < -0.39 is 53.7 Å². The Morgan fingerprint density at radius 2 is 0.505 bits per heavy atom. The number of carbonyl (C=O) groups excluding carboxylic acids is 10. The van der Waals surface area contributed by atoms with Crippen LogP contribution in [0.15, 0.2) is 158 Å². The summed E-state index contributed by atoms with van der Waals surface area (Å²) in [5.41, 5.74) is 1.53. The van der Waals surface area contributed by atoms with Gasteiger partial charge in [-0.25, -0.2) is 62.3 Å². The van der Waals surface area contributed by atoms with Crippen LogP contribution in [0.1, 0.15) is 118 Å². The predicted molar refractivity (Wildman–Crippen MR) is 387 cm³/mol. The molecule has 580 valence electrons. The molecule has 0 unspecified atom stereocenters. The van der Waals surface area contributed by atoms with Gasteiger partial charge < -0.3 is 82.3 Å². The van der Waals surface area contributed by atoms with Crippen molar-refractivity contribution in [1.29, 1.82) is 0 Å². The molecule has 0 aliphatic heterocycles. The van der Waals surface area contributed by atoms with E-state index in [4.69, 9.17) is 62.7 Å². The van der Waals surface area contributed by atoms with Crippen LogP contribution in [-0.2, 0) is 80.9 Å². The van der Waals surface area contributed by atoms with Crippen LogP contribution in [-0.4, -0.2) is 241 Å². The van der Waals surface area contributed by atoms with Crippen LogP contribution in [0.5, 0.6) is 0 Å². The molecule has 0 saturated heterocycles. The minimum absolute atomic E-state index is 0.0498. The van der Waals surface area contributed by atoms with Crippen molar-refractivity contribution in [3.63, 3.8) is 0 Å². The van der Waals surface area contributed by atoms with E-state index in [-0.39, 0.29) is 114 Å². The van der Waals surface area contributed by atoms with Gasteiger partial charge in [-0.1, -0.05) is 82.5 Å². The second-order valence-electron chi connectivity index (χ2n) is 22.9. The lowest BCUT2D eigenvalue weighted by atomic mass is 10.1. The Hall–Kier alpha value is -11.2. The van der Waals surface area contributed by atoms with Crippen molar-refractivity contribution in [3.05, 3.63) is 192 Å². The number of hydrogen-bond acceptors (Lipinski definition) is 23. The van der Waals surface area contributed by atoms with Crippen LogP contribution in [0, 0.1) is 0 Å². The van der Waals surface area contributed by atoms with E-state index in [2.05, 4.69) is 59.9 Å². The van der Waals surface area contributed by atoms with Gasteiger partial charge >= 0.3 is 77.6 Å². The van der Waals surface area contributed by atoms with Gasteiger partial charge in [-0.2, -0.15) is 0 Å². The standard InChI is InChI=1S/3C14H14O6.C10H19NO2.2C8H15NO2.C7H13NO2/c3*1-9(2)13(17)19-7-8-20-14(18)11-6-4-3-5-10(11)12(15)16;1-5-11(6-2)7-8-13-10(12)9(3)4;2*1-7(2)8(10)11-6-5-9(3)4;1-4-7(9)10-6-5-8(2)3/h3*3-6H,1,7-8H2,2H3,(H,15,16);3,5-8H2,1-2,4H3;2*1,5-6H2,2-4H3;4H,1,5-6H2,2-3H3/p+4. The van der Waals surface area contributed by atoms with E-state index in [9.17, 15) is 62.3 Å². The Balaban J connectivity index is -0.000000578. The quantitative estimate of drug-likeness (QED) is 0.0190. The van der Waals surface area contributed by atoms with Crippen molar-refractivity contribution in [1.82, 2.24) is 0 Å². The number of benzene rings is 3. The predicted octanol–water partition coefficient (Wildman–Crippen LogP) is 2.37. The molecule has 0 aliphatic rings. The maximum atomic E-state index is 11.7. The van der Waals surface area contributed by atoms with Gasteiger partial charge in [-0.05, 0) is 91.8 Å². The topological polar surface area (TPSA) is 393 Å². The highest BCUT2D eigenvalue weighted by Gasteiger charge is 2.20. The van der Waals surface area contributed by atoms with E-state index in [0.29, 0.717) is 43.1 Å². The summed E-state index contributed by atoms with van der Waals surface area (Å²) in [5.74, 6) is -8.96. The lowest BCUT2D eigenvalue weighted by Crippen LogP contribution is -3.11. The Morgan fingerprint density at radius 3 is 0.695 bits per heavy atom. The molecule has 0 heterocycles. The van der Waals surface area contributed by atoms with Crippen molar-refractivity contribution in [2.24, 2.45) is 0 Å². The molecule has 0 aromatic heterocycles.